The molecule has 0 aliphatic carbocycles. The van der Waals surface area contributed by atoms with Gasteiger partial charge < -0.3 is 15.3 Å². The van der Waals surface area contributed by atoms with E-state index in [1.807, 2.05) is 0 Å². The normalized spacial score (nSPS) is 11.5. The van der Waals surface area contributed by atoms with E-state index in [0.29, 0.717) is 0 Å². The molecule has 4 nitrogen and oxygen atoms in total. The molecule has 0 saturated heterocycles. The van der Waals surface area contributed by atoms with Gasteiger partial charge in [0.05, 0.1) is 12.7 Å². The highest BCUT2D eigenvalue weighted by atomic mass is 16.4. The monoisotopic (exact) mass is 428 g/mol. The lowest BCUT2D eigenvalue weighted by atomic mass is 9.99. The van der Waals surface area contributed by atoms with Crippen molar-refractivity contribution in [3.05, 3.63) is 11.6 Å². The number of carboxylic acids is 1. The summed E-state index contributed by atoms with van der Waals surface area (Å²) in [6.45, 7) is 5.89. The van der Waals surface area contributed by atoms with E-state index in [-0.39, 0.29) is 6.61 Å². The van der Waals surface area contributed by atoms with Gasteiger partial charge in [0, 0.05) is 6.08 Å². The smallest absolute Gasteiger partial charge is 0.328 e. The van der Waals surface area contributed by atoms with Crippen LogP contribution in [-0.4, -0.2) is 34.0 Å². The Bertz CT molecular complexity index is 355. The molecular weight excluding hydrogens is 376 g/mol. The van der Waals surface area contributed by atoms with Crippen LogP contribution in [0.4, 0.5) is 0 Å². The maximum absolute atomic E-state index is 11.0. The summed E-state index contributed by atoms with van der Waals surface area (Å²) in [7, 11) is 0. The van der Waals surface area contributed by atoms with Crippen LogP contribution in [0, 0.1) is 0 Å². The van der Waals surface area contributed by atoms with E-state index >= 15 is 0 Å². The number of carbonyl (C=O) groups is 1. The molecule has 0 aromatic rings. The molecule has 1 atom stereocenters. The number of aliphatic hydroxyl groups excluding tert-OH is 2. The van der Waals surface area contributed by atoms with Gasteiger partial charge in [-0.1, -0.05) is 109 Å². The summed E-state index contributed by atoms with van der Waals surface area (Å²) in [4.78, 5) is 11.0. The van der Waals surface area contributed by atoms with Gasteiger partial charge >= 0.3 is 5.97 Å². The van der Waals surface area contributed by atoms with Crippen LogP contribution >= 0.6 is 0 Å². The number of aliphatic carboxylic acids is 1. The second-order valence-electron chi connectivity index (χ2n) is 8.62. The molecule has 0 aromatic carbocycles. The summed E-state index contributed by atoms with van der Waals surface area (Å²) in [5.74, 6) is -0.769. The predicted octanol–water partition coefficient (Wildman–Crippen LogP) is 7.42. The van der Waals surface area contributed by atoms with Crippen LogP contribution in [0.25, 0.3) is 0 Å². The fourth-order valence-electron chi connectivity index (χ4n) is 3.42. The summed E-state index contributed by atoms with van der Waals surface area (Å²) in [5, 5.41) is 25.1. The quantitative estimate of drug-likeness (QED) is 0.139. The second kappa shape index (κ2) is 26.2. The van der Waals surface area contributed by atoms with Gasteiger partial charge in [-0.2, -0.15) is 0 Å². The van der Waals surface area contributed by atoms with Crippen LogP contribution in [-0.2, 0) is 4.79 Å². The molecular formula is C26H52O4. The molecule has 0 aliphatic heterocycles. The van der Waals surface area contributed by atoms with E-state index in [2.05, 4.69) is 13.8 Å². The Balaban J connectivity index is 0. The van der Waals surface area contributed by atoms with E-state index in [1.54, 1.807) is 0 Å². The van der Waals surface area contributed by atoms with Gasteiger partial charge in [0.25, 0.3) is 0 Å². The van der Waals surface area contributed by atoms with Crippen molar-refractivity contribution in [2.24, 2.45) is 0 Å². The standard InChI is InChI=1S/C23H44O2.C3H8O2/c1-3-5-7-9-11-13-15-17-19-22(21-23(24)25)20-18-16-14-12-10-8-6-4-2;1-3(5)2-4/h21H,3-20H2,1-2H3,(H,24,25);3-5H,2H2,1H3. The Kier molecular flexibility index (Phi) is 27.3. The summed E-state index contributed by atoms with van der Waals surface area (Å²) < 4.78 is 0. The zero-order chi connectivity index (χ0) is 22.9. The lowest BCUT2D eigenvalue weighted by Crippen LogP contribution is -2.03. The molecule has 0 heterocycles. The maximum Gasteiger partial charge on any atom is 0.328 e. The Labute approximate surface area is 187 Å². The maximum atomic E-state index is 11.0. The van der Waals surface area contributed by atoms with E-state index in [9.17, 15) is 4.79 Å². The minimum Gasteiger partial charge on any atom is -0.478 e. The van der Waals surface area contributed by atoms with E-state index in [4.69, 9.17) is 15.3 Å². The van der Waals surface area contributed by atoms with Gasteiger partial charge in [-0.15, -0.1) is 0 Å². The average Bonchev–Trinajstić information content (AvgIpc) is 2.71. The Morgan fingerprint density at radius 3 is 1.27 bits per heavy atom. The molecule has 0 fully saturated rings. The first-order valence-electron chi connectivity index (χ1n) is 12.7. The second-order valence-corrected chi connectivity index (χ2v) is 8.62. The highest BCUT2D eigenvalue weighted by molar-refractivity contribution is 5.80. The lowest BCUT2D eigenvalue weighted by molar-refractivity contribution is -0.131. The summed E-state index contributed by atoms with van der Waals surface area (Å²) >= 11 is 0. The first-order valence-corrected chi connectivity index (χ1v) is 12.7. The fraction of sp³-hybridized carbons (Fsp3) is 0.885. The highest BCUT2D eigenvalue weighted by Gasteiger charge is 2.02. The summed E-state index contributed by atoms with van der Waals surface area (Å²) in [6, 6.07) is 0. The van der Waals surface area contributed by atoms with Crippen molar-refractivity contribution in [2.75, 3.05) is 6.61 Å². The Morgan fingerprint density at radius 2 is 1.00 bits per heavy atom. The molecule has 0 spiro atoms. The number of unbranched alkanes of at least 4 members (excludes halogenated alkanes) is 14. The molecule has 0 bridgehead atoms. The number of allylic oxidation sites excluding steroid dienone is 1. The number of hydrogen-bond acceptors (Lipinski definition) is 3. The SMILES string of the molecule is CC(O)CO.CCCCCCCCCCC(=CC(=O)O)CCCCCCCCCC. The van der Waals surface area contributed by atoms with Crippen LogP contribution in [0.2, 0.25) is 0 Å². The van der Waals surface area contributed by atoms with Gasteiger partial charge in [-0.3, -0.25) is 0 Å². The third kappa shape index (κ3) is 29.3. The van der Waals surface area contributed by atoms with Gasteiger partial charge in [0.1, 0.15) is 0 Å². The van der Waals surface area contributed by atoms with Crippen LogP contribution in [0.15, 0.2) is 11.6 Å². The van der Waals surface area contributed by atoms with E-state index in [1.165, 1.54) is 103 Å². The van der Waals surface area contributed by atoms with Crippen molar-refractivity contribution >= 4 is 5.97 Å². The number of carboxylic acid groups (broad SMARTS) is 1. The molecule has 0 aliphatic rings. The Hall–Kier alpha value is -0.870. The number of hydrogen-bond donors (Lipinski definition) is 3. The van der Waals surface area contributed by atoms with Crippen molar-refractivity contribution in [3.8, 4) is 0 Å². The van der Waals surface area contributed by atoms with Crippen molar-refractivity contribution in [2.45, 2.75) is 142 Å². The largest absolute Gasteiger partial charge is 0.478 e. The van der Waals surface area contributed by atoms with Gasteiger partial charge in [-0.25, -0.2) is 4.79 Å². The summed E-state index contributed by atoms with van der Waals surface area (Å²) in [6.07, 6.45) is 23.8. The van der Waals surface area contributed by atoms with Gasteiger partial charge in [0.15, 0.2) is 0 Å². The highest BCUT2D eigenvalue weighted by Crippen LogP contribution is 2.19. The lowest BCUT2D eigenvalue weighted by Gasteiger charge is -2.07. The number of aliphatic hydroxyl groups is 2. The predicted molar refractivity (Wildman–Crippen MR) is 129 cm³/mol. The molecule has 0 radical (unpaired) electrons. The number of rotatable bonds is 20. The molecule has 3 N–H and O–H groups in total. The third-order valence-electron chi connectivity index (χ3n) is 5.29. The summed E-state index contributed by atoms with van der Waals surface area (Å²) in [5.41, 5.74) is 1.16. The average molecular weight is 429 g/mol. The van der Waals surface area contributed by atoms with Gasteiger partial charge in [-0.05, 0) is 32.6 Å². The fourth-order valence-corrected chi connectivity index (χ4v) is 3.42. The molecule has 0 saturated carbocycles. The third-order valence-corrected chi connectivity index (χ3v) is 5.29. The zero-order valence-electron chi connectivity index (χ0n) is 20.3. The zero-order valence-corrected chi connectivity index (χ0v) is 20.3. The van der Waals surface area contributed by atoms with Crippen LogP contribution in [0.5, 0.6) is 0 Å². The van der Waals surface area contributed by atoms with Crippen molar-refractivity contribution in [3.63, 3.8) is 0 Å². The van der Waals surface area contributed by atoms with Crippen LogP contribution in [0.1, 0.15) is 136 Å². The molecule has 1 unspecified atom stereocenters. The van der Waals surface area contributed by atoms with E-state index in [0.717, 1.165) is 31.3 Å². The van der Waals surface area contributed by atoms with Crippen LogP contribution in [0.3, 0.4) is 0 Å². The first-order chi connectivity index (χ1) is 14.5. The molecule has 180 valence electrons. The minimum absolute atomic E-state index is 0.139. The minimum atomic E-state index is -0.769. The van der Waals surface area contributed by atoms with Crippen LogP contribution < -0.4 is 0 Å². The molecule has 4 heteroatoms. The topological polar surface area (TPSA) is 77.8 Å². The Morgan fingerprint density at radius 1 is 0.700 bits per heavy atom. The molecule has 0 aromatic heterocycles. The van der Waals surface area contributed by atoms with Crippen molar-refractivity contribution in [1.29, 1.82) is 0 Å². The van der Waals surface area contributed by atoms with Crippen molar-refractivity contribution < 1.29 is 20.1 Å². The van der Waals surface area contributed by atoms with Crippen molar-refractivity contribution in [1.82, 2.24) is 0 Å². The molecule has 0 rings (SSSR count). The molecule has 0 amide bonds. The van der Waals surface area contributed by atoms with E-state index < -0.39 is 12.1 Å². The molecule has 30 heavy (non-hydrogen) atoms. The van der Waals surface area contributed by atoms with Gasteiger partial charge in [0.2, 0.25) is 0 Å². The first kappa shape index (κ1) is 31.3.